The first-order valence-electron chi connectivity index (χ1n) is 9.94. The number of rotatable bonds is 8. The van der Waals surface area contributed by atoms with E-state index < -0.39 is 23.0 Å². The molecule has 1 aliphatic rings. The Bertz CT molecular complexity index is 1070. The number of nitro groups is 1. The van der Waals surface area contributed by atoms with Crippen molar-refractivity contribution >= 4 is 23.4 Å². The van der Waals surface area contributed by atoms with Crippen LogP contribution >= 0.6 is 0 Å². The van der Waals surface area contributed by atoms with Crippen molar-refractivity contribution in [1.82, 2.24) is 10.6 Å². The Kier molecular flexibility index (Phi) is 6.93. The number of nitrogens with zero attached hydrogens (tertiary/aromatic N) is 1. The summed E-state index contributed by atoms with van der Waals surface area (Å²) in [7, 11) is 1.37. The van der Waals surface area contributed by atoms with Crippen LogP contribution in [0.3, 0.4) is 0 Å². The van der Waals surface area contributed by atoms with Crippen LogP contribution in [0.5, 0.6) is 11.5 Å². The maximum Gasteiger partial charge on any atom is 0.338 e. The van der Waals surface area contributed by atoms with Gasteiger partial charge in [0.05, 0.1) is 54.2 Å². The summed E-state index contributed by atoms with van der Waals surface area (Å²) in [5.74, 6) is -0.313. The minimum atomic E-state index is -1.16. The zero-order valence-electron chi connectivity index (χ0n) is 17.8. The average Bonchev–Trinajstić information content (AvgIpc) is 2.79. The minimum absolute atomic E-state index is 0.0355. The van der Waals surface area contributed by atoms with Crippen LogP contribution in [0, 0.1) is 10.1 Å². The Balaban J connectivity index is 2.30. The molecule has 2 aromatic rings. The smallest absolute Gasteiger partial charge is 0.338 e. The second-order valence-electron chi connectivity index (χ2n) is 6.66. The van der Waals surface area contributed by atoms with Crippen LogP contribution in [0.2, 0.25) is 0 Å². The molecule has 2 aromatic carbocycles. The quantitative estimate of drug-likeness (QED) is 0.365. The third kappa shape index (κ3) is 4.48. The molecule has 10 nitrogen and oxygen atoms in total. The standard InChI is InChI=1S/C22H23N3O7/c1-4-31-17-11-14(15(25(28)29)12-16(17)30-3)20-18(21(26)32-5-2)19(23-22(27)24-20)13-9-7-6-8-10-13/h6-12,20H,4-5H2,1-3H3,(H2,23,24,27). The van der Waals surface area contributed by atoms with Crippen LogP contribution < -0.4 is 20.1 Å². The van der Waals surface area contributed by atoms with Crippen molar-refractivity contribution in [3.8, 4) is 11.5 Å². The Morgan fingerprint density at radius 2 is 1.84 bits per heavy atom. The van der Waals surface area contributed by atoms with Gasteiger partial charge in [-0.25, -0.2) is 9.59 Å². The van der Waals surface area contributed by atoms with Gasteiger partial charge in [-0.3, -0.25) is 10.1 Å². The van der Waals surface area contributed by atoms with Crippen LogP contribution in [0.4, 0.5) is 10.5 Å². The molecule has 0 spiro atoms. The van der Waals surface area contributed by atoms with Crippen molar-refractivity contribution in [2.24, 2.45) is 0 Å². The number of hydrogen-bond acceptors (Lipinski definition) is 7. The minimum Gasteiger partial charge on any atom is -0.493 e. The number of amides is 2. The number of carbonyl (C=O) groups excluding carboxylic acids is 2. The van der Waals surface area contributed by atoms with E-state index in [1.165, 1.54) is 19.2 Å². The lowest BCUT2D eigenvalue weighted by Crippen LogP contribution is -2.45. The van der Waals surface area contributed by atoms with E-state index >= 15 is 0 Å². The second kappa shape index (κ2) is 9.82. The fourth-order valence-corrected chi connectivity index (χ4v) is 3.44. The van der Waals surface area contributed by atoms with Crippen LogP contribution in [0.15, 0.2) is 48.0 Å². The van der Waals surface area contributed by atoms with Gasteiger partial charge in [0, 0.05) is 0 Å². The third-order valence-corrected chi connectivity index (χ3v) is 4.75. The van der Waals surface area contributed by atoms with Crippen molar-refractivity contribution < 1.29 is 28.7 Å². The van der Waals surface area contributed by atoms with Crippen LogP contribution in [-0.4, -0.2) is 37.2 Å². The van der Waals surface area contributed by atoms with Gasteiger partial charge < -0.3 is 24.8 Å². The highest BCUT2D eigenvalue weighted by Gasteiger charge is 2.38. The Labute approximate surface area is 184 Å². The lowest BCUT2D eigenvalue weighted by atomic mass is 9.91. The van der Waals surface area contributed by atoms with E-state index in [9.17, 15) is 19.7 Å². The van der Waals surface area contributed by atoms with Crippen molar-refractivity contribution in [2.45, 2.75) is 19.9 Å². The highest BCUT2D eigenvalue weighted by atomic mass is 16.6. The monoisotopic (exact) mass is 441 g/mol. The molecule has 1 unspecified atom stereocenters. The SMILES string of the molecule is CCOC(=O)C1=C(c2ccccc2)NC(=O)NC1c1cc(OCC)c(OC)cc1[N+](=O)[O-]. The topological polar surface area (TPSA) is 129 Å². The van der Waals surface area contributed by atoms with Gasteiger partial charge in [0.2, 0.25) is 0 Å². The van der Waals surface area contributed by atoms with E-state index in [0.717, 1.165) is 0 Å². The fourth-order valence-electron chi connectivity index (χ4n) is 3.44. The summed E-state index contributed by atoms with van der Waals surface area (Å²) < 4.78 is 16.0. The van der Waals surface area contributed by atoms with E-state index in [1.54, 1.807) is 44.2 Å². The molecule has 2 N–H and O–H groups in total. The first-order valence-corrected chi connectivity index (χ1v) is 9.94. The van der Waals surface area contributed by atoms with Gasteiger partial charge in [0.25, 0.3) is 5.69 Å². The Morgan fingerprint density at radius 1 is 1.12 bits per heavy atom. The first-order chi connectivity index (χ1) is 15.4. The summed E-state index contributed by atoms with van der Waals surface area (Å²) in [5.41, 5.74) is 0.517. The highest BCUT2D eigenvalue weighted by molar-refractivity contribution is 6.04. The fraction of sp³-hybridized carbons (Fsp3) is 0.273. The molecule has 0 aliphatic carbocycles. The molecule has 0 bridgehead atoms. The van der Waals surface area contributed by atoms with Gasteiger partial charge in [-0.1, -0.05) is 30.3 Å². The van der Waals surface area contributed by atoms with E-state index in [0.29, 0.717) is 5.56 Å². The summed E-state index contributed by atoms with van der Waals surface area (Å²) in [6.07, 6.45) is 0. The molecule has 3 rings (SSSR count). The van der Waals surface area contributed by atoms with Gasteiger partial charge >= 0.3 is 12.0 Å². The highest BCUT2D eigenvalue weighted by Crippen LogP contribution is 2.41. The molecule has 2 amide bonds. The molecule has 32 heavy (non-hydrogen) atoms. The van der Waals surface area contributed by atoms with E-state index in [4.69, 9.17) is 14.2 Å². The number of benzene rings is 2. The summed E-state index contributed by atoms with van der Waals surface area (Å²) in [6, 6.07) is 9.54. The Morgan fingerprint density at radius 3 is 2.44 bits per heavy atom. The van der Waals surface area contributed by atoms with Gasteiger partial charge in [-0.15, -0.1) is 0 Å². The van der Waals surface area contributed by atoms with Crippen LogP contribution in [-0.2, 0) is 9.53 Å². The maximum atomic E-state index is 13.0. The summed E-state index contributed by atoms with van der Waals surface area (Å²) in [4.78, 5) is 36.8. The van der Waals surface area contributed by atoms with E-state index in [1.807, 2.05) is 0 Å². The predicted molar refractivity (Wildman–Crippen MR) is 115 cm³/mol. The van der Waals surface area contributed by atoms with Crippen molar-refractivity contribution in [2.75, 3.05) is 20.3 Å². The molecule has 0 saturated carbocycles. The Hall–Kier alpha value is -4.08. The number of esters is 1. The average molecular weight is 441 g/mol. The van der Waals surface area contributed by atoms with Gasteiger partial charge in [-0.05, 0) is 25.5 Å². The molecular formula is C22H23N3O7. The predicted octanol–water partition coefficient (Wildman–Crippen LogP) is 3.33. The number of urea groups is 1. The zero-order chi connectivity index (χ0) is 23.3. The molecule has 10 heteroatoms. The molecule has 168 valence electrons. The second-order valence-corrected chi connectivity index (χ2v) is 6.66. The lowest BCUT2D eigenvalue weighted by molar-refractivity contribution is -0.385. The van der Waals surface area contributed by atoms with Gasteiger partial charge in [0.1, 0.15) is 0 Å². The first kappa shape index (κ1) is 22.6. The molecule has 1 heterocycles. The molecule has 0 fully saturated rings. The number of methoxy groups -OCH3 is 1. The zero-order valence-corrected chi connectivity index (χ0v) is 17.8. The van der Waals surface area contributed by atoms with Gasteiger partial charge in [-0.2, -0.15) is 0 Å². The largest absolute Gasteiger partial charge is 0.493 e. The maximum absolute atomic E-state index is 13.0. The normalized spacial score (nSPS) is 15.5. The summed E-state index contributed by atoms with van der Waals surface area (Å²) in [5, 5.41) is 17.1. The number of carbonyl (C=O) groups is 2. The number of ether oxygens (including phenoxy) is 3. The molecule has 1 aliphatic heterocycles. The summed E-state index contributed by atoms with van der Waals surface area (Å²) in [6.45, 7) is 3.76. The van der Waals surface area contributed by atoms with Crippen molar-refractivity contribution in [3.05, 3.63) is 69.3 Å². The lowest BCUT2D eigenvalue weighted by Gasteiger charge is -2.29. The van der Waals surface area contributed by atoms with Crippen molar-refractivity contribution in [3.63, 3.8) is 0 Å². The van der Waals surface area contributed by atoms with Crippen LogP contribution in [0.1, 0.15) is 31.0 Å². The number of hydrogen-bond donors (Lipinski definition) is 2. The van der Waals surface area contributed by atoms with Gasteiger partial charge in [0.15, 0.2) is 11.5 Å². The molecule has 0 aromatic heterocycles. The van der Waals surface area contributed by atoms with E-state index in [2.05, 4.69) is 10.6 Å². The molecule has 0 radical (unpaired) electrons. The third-order valence-electron chi connectivity index (χ3n) is 4.75. The number of nitro benzene ring substituents is 1. The van der Waals surface area contributed by atoms with Crippen molar-refractivity contribution in [1.29, 1.82) is 0 Å². The molecular weight excluding hydrogens is 418 g/mol. The van der Waals surface area contributed by atoms with E-state index in [-0.39, 0.29) is 47.2 Å². The number of nitrogens with one attached hydrogen (secondary N) is 2. The molecule has 1 atom stereocenters. The summed E-state index contributed by atoms with van der Waals surface area (Å²) >= 11 is 0. The van der Waals surface area contributed by atoms with Crippen LogP contribution in [0.25, 0.3) is 5.70 Å². The molecule has 0 saturated heterocycles.